The van der Waals surface area contributed by atoms with E-state index in [1.54, 1.807) is 0 Å². The molecule has 0 saturated carbocycles. The Hall–Kier alpha value is -1.87. The lowest BCUT2D eigenvalue weighted by molar-refractivity contribution is 0.174. The minimum atomic E-state index is 0.454. The summed E-state index contributed by atoms with van der Waals surface area (Å²) in [5.74, 6) is 0.913. The van der Waals surface area contributed by atoms with Gasteiger partial charge in [-0.2, -0.15) is 0 Å². The molecule has 1 unspecified atom stereocenters. The lowest BCUT2D eigenvalue weighted by Crippen LogP contribution is -2.32. The molecule has 1 atom stereocenters. The summed E-state index contributed by atoms with van der Waals surface area (Å²) >= 11 is 0. The van der Waals surface area contributed by atoms with Crippen LogP contribution in [0.5, 0.6) is 0 Å². The van der Waals surface area contributed by atoms with Crippen LogP contribution in [-0.4, -0.2) is 23.0 Å². The van der Waals surface area contributed by atoms with Crippen molar-refractivity contribution in [3.63, 3.8) is 0 Å². The molecule has 3 rings (SSSR count). The summed E-state index contributed by atoms with van der Waals surface area (Å²) in [5, 5.41) is 3.46. The van der Waals surface area contributed by atoms with Gasteiger partial charge in [0.15, 0.2) is 0 Å². The minimum Gasteiger partial charge on any atom is -0.340 e. The lowest BCUT2D eigenvalue weighted by atomic mass is 10.0. The third-order valence-corrected chi connectivity index (χ3v) is 5.53. The van der Waals surface area contributed by atoms with Gasteiger partial charge in [0, 0.05) is 17.9 Å². The van der Waals surface area contributed by atoms with Gasteiger partial charge in [-0.1, -0.05) is 46.2 Å². The Labute approximate surface area is 173 Å². The number of piperidine rings is 1. The van der Waals surface area contributed by atoms with Gasteiger partial charge in [-0.15, -0.1) is 0 Å². The molecular formula is C25H41N3. The van der Waals surface area contributed by atoms with Crippen molar-refractivity contribution in [2.24, 2.45) is 0 Å². The van der Waals surface area contributed by atoms with E-state index in [1.165, 1.54) is 54.6 Å². The number of nitrogens with one attached hydrogen (secondary N) is 1. The van der Waals surface area contributed by atoms with Gasteiger partial charge in [0.2, 0.25) is 0 Å². The van der Waals surface area contributed by atoms with Crippen molar-refractivity contribution in [3.05, 3.63) is 52.7 Å². The summed E-state index contributed by atoms with van der Waals surface area (Å²) in [4.78, 5) is 7.22. The van der Waals surface area contributed by atoms with E-state index >= 15 is 0 Å². The van der Waals surface area contributed by atoms with Crippen LogP contribution < -0.4 is 5.32 Å². The first kappa shape index (κ1) is 24.2. The summed E-state index contributed by atoms with van der Waals surface area (Å²) in [6.45, 7) is 19.2. The second-order valence-corrected chi connectivity index (χ2v) is 7.05. The maximum absolute atomic E-state index is 4.65. The number of pyridine rings is 1. The minimum absolute atomic E-state index is 0.454. The molecule has 2 heterocycles. The van der Waals surface area contributed by atoms with E-state index in [0.29, 0.717) is 6.04 Å². The third-order valence-electron chi connectivity index (χ3n) is 5.53. The molecule has 28 heavy (non-hydrogen) atoms. The van der Waals surface area contributed by atoms with E-state index in [9.17, 15) is 0 Å². The Morgan fingerprint density at radius 1 is 0.857 bits per heavy atom. The van der Waals surface area contributed by atoms with Crippen LogP contribution in [0.4, 0.5) is 11.5 Å². The lowest BCUT2D eigenvalue weighted by Gasteiger charge is -2.32. The number of hydrogen-bond donors (Lipinski definition) is 1. The fourth-order valence-electron chi connectivity index (χ4n) is 3.47. The van der Waals surface area contributed by atoms with Crippen molar-refractivity contribution in [1.82, 2.24) is 9.88 Å². The van der Waals surface area contributed by atoms with Gasteiger partial charge in [0.05, 0.1) is 0 Å². The van der Waals surface area contributed by atoms with Gasteiger partial charge >= 0.3 is 0 Å². The van der Waals surface area contributed by atoms with E-state index in [4.69, 9.17) is 0 Å². The largest absolute Gasteiger partial charge is 0.340 e. The number of aryl methyl sites for hydroxylation is 1. The normalized spacial score (nSPS) is 14.9. The quantitative estimate of drug-likeness (QED) is 0.598. The van der Waals surface area contributed by atoms with Gasteiger partial charge in [0.1, 0.15) is 5.82 Å². The predicted octanol–water partition coefficient (Wildman–Crippen LogP) is 7.35. The molecule has 0 spiro atoms. The molecule has 156 valence electrons. The topological polar surface area (TPSA) is 28.2 Å². The fraction of sp³-hybridized carbons (Fsp3) is 0.560. The Morgan fingerprint density at radius 2 is 1.50 bits per heavy atom. The van der Waals surface area contributed by atoms with Gasteiger partial charge in [-0.05, 0) is 88.0 Å². The molecule has 1 aliphatic rings. The molecule has 1 aliphatic heterocycles. The summed E-state index contributed by atoms with van der Waals surface area (Å²) in [5.41, 5.74) is 6.41. The van der Waals surface area contributed by atoms with Gasteiger partial charge in [-0.25, -0.2) is 4.98 Å². The first-order valence-electron chi connectivity index (χ1n) is 11.1. The molecule has 2 aromatic rings. The van der Waals surface area contributed by atoms with Crippen molar-refractivity contribution in [2.75, 3.05) is 18.4 Å². The first-order valence-corrected chi connectivity index (χ1v) is 11.1. The zero-order valence-corrected chi connectivity index (χ0v) is 19.4. The van der Waals surface area contributed by atoms with E-state index in [2.05, 4.69) is 67.2 Å². The standard InChI is InChI=1S/C21H29N3.2C2H6/c1-15-8-10-20(17(3)16(15)2)23-21-11-9-19(14-22-21)18(4)24-12-6-5-7-13-24;2*1-2/h8-11,14,18H,5-7,12-13H2,1-4H3,(H,22,23);2*1-2H3. The van der Waals surface area contributed by atoms with Crippen LogP contribution in [-0.2, 0) is 0 Å². The van der Waals surface area contributed by atoms with Crippen LogP contribution in [0.1, 0.15) is 82.2 Å². The molecule has 3 nitrogen and oxygen atoms in total. The average molecular weight is 384 g/mol. The highest BCUT2D eigenvalue weighted by Gasteiger charge is 2.18. The van der Waals surface area contributed by atoms with Crippen molar-refractivity contribution < 1.29 is 0 Å². The smallest absolute Gasteiger partial charge is 0.130 e. The summed E-state index contributed by atoms with van der Waals surface area (Å²) in [6.07, 6.45) is 6.05. The van der Waals surface area contributed by atoms with Crippen molar-refractivity contribution in [3.8, 4) is 0 Å². The monoisotopic (exact) mass is 383 g/mol. The van der Waals surface area contributed by atoms with Crippen LogP contribution in [0.3, 0.4) is 0 Å². The fourth-order valence-corrected chi connectivity index (χ4v) is 3.47. The Balaban J connectivity index is 0.000000921. The van der Waals surface area contributed by atoms with Crippen molar-refractivity contribution in [1.29, 1.82) is 0 Å². The number of rotatable bonds is 4. The van der Waals surface area contributed by atoms with Gasteiger partial charge in [-0.3, -0.25) is 4.90 Å². The highest BCUT2D eigenvalue weighted by atomic mass is 15.2. The van der Waals surface area contributed by atoms with Crippen molar-refractivity contribution >= 4 is 11.5 Å². The molecule has 1 aromatic carbocycles. The highest BCUT2D eigenvalue weighted by molar-refractivity contribution is 5.63. The van der Waals surface area contributed by atoms with Crippen LogP contribution in [0.2, 0.25) is 0 Å². The summed E-state index contributed by atoms with van der Waals surface area (Å²) in [6, 6.07) is 9.08. The van der Waals surface area contributed by atoms with Gasteiger partial charge in [0.25, 0.3) is 0 Å². The van der Waals surface area contributed by atoms with Crippen LogP contribution in [0.15, 0.2) is 30.5 Å². The number of nitrogens with zero attached hydrogens (tertiary/aromatic N) is 2. The predicted molar refractivity (Wildman–Crippen MR) is 125 cm³/mol. The molecule has 0 bridgehead atoms. The Morgan fingerprint density at radius 3 is 2.07 bits per heavy atom. The molecule has 0 amide bonds. The van der Waals surface area contributed by atoms with Crippen LogP contribution in [0, 0.1) is 20.8 Å². The molecule has 1 fully saturated rings. The zero-order chi connectivity index (χ0) is 21.1. The second-order valence-electron chi connectivity index (χ2n) is 7.05. The molecule has 3 heteroatoms. The molecule has 1 N–H and O–H groups in total. The maximum Gasteiger partial charge on any atom is 0.130 e. The molecule has 1 aromatic heterocycles. The molecule has 0 radical (unpaired) electrons. The van der Waals surface area contributed by atoms with Crippen LogP contribution >= 0.6 is 0 Å². The van der Waals surface area contributed by atoms with Crippen molar-refractivity contribution in [2.45, 2.75) is 80.7 Å². The number of likely N-dealkylation sites (tertiary alicyclic amines) is 1. The van der Waals surface area contributed by atoms with E-state index in [0.717, 1.165) is 11.5 Å². The highest BCUT2D eigenvalue weighted by Crippen LogP contribution is 2.27. The second kappa shape index (κ2) is 12.6. The molecule has 1 saturated heterocycles. The van der Waals surface area contributed by atoms with Gasteiger partial charge < -0.3 is 5.32 Å². The summed E-state index contributed by atoms with van der Waals surface area (Å²) in [7, 11) is 0. The third kappa shape index (κ3) is 6.34. The maximum atomic E-state index is 4.65. The van der Waals surface area contributed by atoms with Crippen LogP contribution in [0.25, 0.3) is 0 Å². The zero-order valence-electron chi connectivity index (χ0n) is 19.4. The average Bonchev–Trinajstić information content (AvgIpc) is 2.77. The Bertz CT molecular complexity index is 686. The molecular weight excluding hydrogens is 342 g/mol. The number of aromatic nitrogens is 1. The number of hydrogen-bond acceptors (Lipinski definition) is 3. The SMILES string of the molecule is CC.CC.Cc1ccc(Nc2ccc(C(C)N3CCCCC3)cn2)c(C)c1C. The summed E-state index contributed by atoms with van der Waals surface area (Å²) < 4.78 is 0. The molecule has 0 aliphatic carbocycles. The van der Waals surface area contributed by atoms with E-state index in [1.807, 2.05) is 33.9 Å². The number of anilines is 2. The Kier molecular flexibility index (Phi) is 10.8. The first-order chi connectivity index (χ1) is 13.6. The number of benzene rings is 1. The van der Waals surface area contributed by atoms with E-state index < -0.39 is 0 Å². The van der Waals surface area contributed by atoms with E-state index in [-0.39, 0.29) is 0 Å².